The minimum atomic E-state index is 0.366. The first-order chi connectivity index (χ1) is 8.29. The van der Waals surface area contributed by atoms with Gasteiger partial charge in [-0.1, -0.05) is 12.1 Å². The number of para-hydroxylation sites is 2. The van der Waals surface area contributed by atoms with Crippen LogP contribution in [0, 0.1) is 0 Å². The van der Waals surface area contributed by atoms with Crippen molar-refractivity contribution in [1.82, 2.24) is 9.55 Å². The van der Waals surface area contributed by atoms with E-state index >= 15 is 0 Å². The SMILES string of the molecule is CCn1c([C@@H]2CC[C@H](N)C2)nc2ccccc21. The lowest BCUT2D eigenvalue weighted by Gasteiger charge is -2.11. The zero-order valence-electron chi connectivity index (χ0n) is 10.3. The number of imidazole rings is 1. The van der Waals surface area contributed by atoms with Crippen LogP contribution in [0.1, 0.15) is 37.9 Å². The molecule has 1 aliphatic carbocycles. The number of fused-ring (bicyclic) bond motifs is 1. The molecule has 0 saturated heterocycles. The summed E-state index contributed by atoms with van der Waals surface area (Å²) in [6.07, 6.45) is 3.41. The van der Waals surface area contributed by atoms with Crippen molar-refractivity contribution in [2.75, 3.05) is 0 Å². The van der Waals surface area contributed by atoms with Crippen LogP contribution in [0.25, 0.3) is 11.0 Å². The van der Waals surface area contributed by atoms with Gasteiger partial charge in [-0.25, -0.2) is 4.98 Å². The van der Waals surface area contributed by atoms with Crippen molar-refractivity contribution >= 4 is 11.0 Å². The second kappa shape index (κ2) is 4.15. The Morgan fingerprint density at radius 1 is 1.35 bits per heavy atom. The zero-order chi connectivity index (χ0) is 11.8. The minimum absolute atomic E-state index is 0.366. The summed E-state index contributed by atoms with van der Waals surface area (Å²) in [7, 11) is 0. The molecule has 3 heteroatoms. The molecule has 3 rings (SSSR count). The molecule has 3 nitrogen and oxygen atoms in total. The molecule has 0 spiro atoms. The average molecular weight is 229 g/mol. The van der Waals surface area contributed by atoms with Gasteiger partial charge in [-0.15, -0.1) is 0 Å². The van der Waals surface area contributed by atoms with E-state index in [1.807, 2.05) is 0 Å². The second-order valence-electron chi connectivity index (χ2n) is 4.97. The number of rotatable bonds is 2. The third-order valence-corrected chi connectivity index (χ3v) is 3.84. The number of aryl methyl sites for hydroxylation is 1. The van der Waals surface area contributed by atoms with Crippen molar-refractivity contribution in [3.63, 3.8) is 0 Å². The van der Waals surface area contributed by atoms with Gasteiger partial charge < -0.3 is 10.3 Å². The summed E-state index contributed by atoms with van der Waals surface area (Å²) >= 11 is 0. The third-order valence-electron chi connectivity index (χ3n) is 3.84. The van der Waals surface area contributed by atoms with Gasteiger partial charge in [-0.05, 0) is 38.3 Å². The van der Waals surface area contributed by atoms with E-state index in [2.05, 4.69) is 35.8 Å². The standard InChI is InChI=1S/C14H19N3/c1-2-17-13-6-4-3-5-12(13)16-14(17)10-7-8-11(15)9-10/h3-6,10-11H,2,7-9,15H2,1H3/t10-,11+/m1/s1. The zero-order valence-corrected chi connectivity index (χ0v) is 10.3. The van der Waals surface area contributed by atoms with E-state index in [9.17, 15) is 0 Å². The second-order valence-corrected chi connectivity index (χ2v) is 4.97. The van der Waals surface area contributed by atoms with Crippen molar-refractivity contribution in [3.05, 3.63) is 30.1 Å². The van der Waals surface area contributed by atoms with Gasteiger partial charge in [0.05, 0.1) is 11.0 Å². The molecule has 0 radical (unpaired) electrons. The lowest BCUT2D eigenvalue weighted by molar-refractivity contribution is 0.598. The molecule has 17 heavy (non-hydrogen) atoms. The van der Waals surface area contributed by atoms with Gasteiger partial charge in [0.1, 0.15) is 5.82 Å². The molecule has 2 N–H and O–H groups in total. The van der Waals surface area contributed by atoms with Crippen LogP contribution in [0.5, 0.6) is 0 Å². The molecular weight excluding hydrogens is 210 g/mol. The molecule has 1 heterocycles. The molecule has 1 fully saturated rings. The van der Waals surface area contributed by atoms with E-state index in [0.29, 0.717) is 12.0 Å². The molecule has 1 saturated carbocycles. The molecule has 1 aliphatic rings. The maximum Gasteiger partial charge on any atom is 0.113 e. The van der Waals surface area contributed by atoms with Gasteiger partial charge in [0.25, 0.3) is 0 Å². The quantitative estimate of drug-likeness (QED) is 0.860. The van der Waals surface area contributed by atoms with E-state index in [1.165, 1.54) is 17.8 Å². The van der Waals surface area contributed by atoms with E-state index in [-0.39, 0.29) is 0 Å². The number of nitrogens with zero attached hydrogens (tertiary/aromatic N) is 2. The monoisotopic (exact) mass is 229 g/mol. The van der Waals surface area contributed by atoms with Crippen molar-refractivity contribution in [2.45, 2.75) is 44.7 Å². The summed E-state index contributed by atoms with van der Waals surface area (Å²) in [5.41, 5.74) is 8.38. The highest BCUT2D eigenvalue weighted by Gasteiger charge is 2.27. The van der Waals surface area contributed by atoms with Gasteiger partial charge in [-0.2, -0.15) is 0 Å². The predicted octanol–water partition coefficient (Wildman–Crippen LogP) is 2.65. The highest BCUT2D eigenvalue weighted by atomic mass is 15.1. The molecule has 0 aliphatic heterocycles. The fourth-order valence-corrected chi connectivity index (χ4v) is 2.99. The maximum absolute atomic E-state index is 6.01. The largest absolute Gasteiger partial charge is 0.328 e. The number of aromatic nitrogens is 2. The van der Waals surface area contributed by atoms with E-state index in [0.717, 1.165) is 24.9 Å². The summed E-state index contributed by atoms with van der Waals surface area (Å²) in [5, 5.41) is 0. The molecule has 90 valence electrons. The van der Waals surface area contributed by atoms with E-state index < -0.39 is 0 Å². The Balaban J connectivity index is 2.09. The number of hydrogen-bond donors (Lipinski definition) is 1. The molecule has 0 amide bonds. The first-order valence-corrected chi connectivity index (χ1v) is 6.50. The molecular formula is C14H19N3. The predicted molar refractivity (Wildman–Crippen MR) is 70.0 cm³/mol. The Morgan fingerprint density at radius 3 is 2.88 bits per heavy atom. The summed E-state index contributed by atoms with van der Waals surface area (Å²) in [6.45, 7) is 3.17. The van der Waals surface area contributed by atoms with E-state index in [1.54, 1.807) is 0 Å². The molecule has 1 aromatic carbocycles. The van der Waals surface area contributed by atoms with Gasteiger partial charge in [0.2, 0.25) is 0 Å². The van der Waals surface area contributed by atoms with Crippen LogP contribution in [-0.4, -0.2) is 15.6 Å². The van der Waals surface area contributed by atoms with Crippen LogP contribution < -0.4 is 5.73 Å². The molecule has 0 unspecified atom stereocenters. The van der Waals surface area contributed by atoms with Crippen LogP contribution in [0.3, 0.4) is 0 Å². The van der Waals surface area contributed by atoms with Crippen molar-refractivity contribution in [3.8, 4) is 0 Å². The number of hydrogen-bond acceptors (Lipinski definition) is 2. The smallest absolute Gasteiger partial charge is 0.113 e. The Hall–Kier alpha value is -1.35. The molecule has 2 atom stereocenters. The number of benzene rings is 1. The topological polar surface area (TPSA) is 43.8 Å². The summed E-state index contributed by atoms with van der Waals surface area (Å²) in [5.74, 6) is 1.79. The highest BCUT2D eigenvalue weighted by Crippen LogP contribution is 2.34. The highest BCUT2D eigenvalue weighted by molar-refractivity contribution is 5.76. The van der Waals surface area contributed by atoms with Gasteiger partial charge >= 0.3 is 0 Å². The summed E-state index contributed by atoms with van der Waals surface area (Å²) in [4.78, 5) is 4.81. The van der Waals surface area contributed by atoms with Crippen molar-refractivity contribution in [1.29, 1.82) is 0 Å². The molecule has 0 bridgehead atoms. The van der Waals surface area contributed by atoms with Crippen LogP contribution in [0.15, 0.2) is 24.3 Å². The molecule has 2 aromatic rings. The van der Waals surface area contributed by atoms with Crippen molar-refractivity contribution < 1.29 is 0 Å². The van der Waals surface area contributed by atoms with Gasteiger partial charge in [0, 0.05) is 18.5 Å². The lowest BCUT2D eigenvalue weighted by Crippen LogP contribution is -2.15. The van der Waals surface area contributed by atoms with Gasteiger partial charge in [0.15, 0.2) is 0 Å². The average Bonchev–Trinajstić information content (AvgIpc) is 2.91. The normalized spacial score (nSPS) is 24.6. The Morgan fingerprint density at radius 2 is 2.18 bits per heavy atom. The fraction of sp³-hybridized carbons (Fsp3) is 0.500. The maximum atomic E-state index is 6.01. The fourth-order valence-electron chi connectivity index (χ4n) is 2.99. The van der Waals surface area contributed by atoms with Gasteiger partial charge in [-0.3, -0.25) is 0 Å². The Kier molecular flexibility index (Phi) is 2.63. The third kappa shape index (κ3) is 1.75. The first-order valence-electron chi connectivity index (χ1n) is 6.50. The first kappa shape index (κ1) is 10.8. The Labute approximate surface area is 102 Å². The van der Waals surface area contributed by atoms with Crippen LogP contribution in [0.2, 0.25) is 0 Å². The number of nitrogens with two attached hydrogens (primary N) is 1. The van der Waals surface area contributed by atoms with Crippen LogP contribution >= 0.6 is 0 Å². The van der Waals surface area contributed by atoms with E-state index in [4.69, 9.17) is 10.7 Å². The van der Waals surface area contributed by atoms with Crippen molar-refractivity contribution in [2.24, 2.45) is 5.73 Å². The molecule has 1 aromatic heterocycles. The lowest BCUT2D eigenvalue weighted by atomic mass is 10.1. The summed E-state index contributed by atoms with van der Waals surface area (Å²) < 4.78 is 2.35. The Bertz CT molecular complexity index is 529. The van der Waals surface area contributed by atoms with Crippen LogP contribution in [0.4, 0.5) is 0 Å². The minimum Gasteiger partial charge on any atom is -0.328 e. The summed E-state index contributed by atoms with van der Waals surface area (Å²) in [6, 6.07) is 8.76. The van der Waals surface area contributed by atoms with Crippen LogP contribution in [-0.2, 0) is 6.54 Å².